The lowest BCUT2D eigenvalue weighted by atomic mass is 10.1. The first-order chi connectivity index (χ1) is 10.6. The van der Waals surface area contributed by atoms with E-state index >= 15 is 0 Å². The summed E-state index contributed by atoms with van der Waals surface area (Å²) in [6, 6.07) is 15.5. The summed E-state index contributed by atoms with van der Waals surface area (Å²) in [4.78, 5) is 24.0. The second-order valence-electron chi connectivity index (χ2n) is 4.54. The van der Waals surface area contributed by atoms with Crippen LogP contribution in [0.3, 0.4) is 0 Å². The molecule has 5 nitrogen and oxygen atoms in total. The van der Waals surface area contributed by atoms with Gasteiger partial charge in [0.05, 0.1) is 7.11 Å². The van der Waals surface area contributed by atoms with Gasteiger partial charge in [0.2, 0.25) is 0 Å². The van der Waals surface area contributed by atoms with Crippen molar-refractivity contribution in [1.82, 2.24) is 5.32 Å². The van der Waals surface area contributed by atoms with Crippen molar-refractivity contribution in [3.8, 4) is 0 Å². The van der Waals surface area contributed by atoms with Gasteiger partial charge >= 0.3 is 5.97 Å². The lowest BCUT2D eigenvalue weighted by Crippen LogP contribution is -2.28. The Morgan fingerprint density at radius 1 is 1.05 bits per heavy atom. The zero-order valence-electron chi connectivity index (χ0n) is 12.1. The Morgan fingerprint density at radius 3 is 2.27 bits per heavy atom. The highest BCUT2D eigenvalue weighted by Gasteiger charge is 2.14. The summed E-state index contributed by atoms with van der Waals surface area (Å²) in [5, 5.41) is 2.56. The molecule has 0 unspecified atom stereocenters. The smallest absolute Gasteiger partial charge is 0.354 e. The Hall–Kier alpha value is -3.08. The van der Waals surface area contributed by atoms with Gasteiger partial charge < -0.3 is 15.8 Å². The zero-order chi connectivity index (χ0) is 15.9. The fourth-order valence-corrected chi connectivity index (χ4v) is 1.80. The third kappa shape index (κ3) is 3.96. The molecular weight excluding hydrogens is 280 g/mol. The second kappa shape index (κ2) is 7.08. The number of nitrogen functional groups attached to an aromatic ring is 1. The second-order valence-corrected chi connectivity index (χ2v) is 4.54. The maximum absolute atomic E-state index is 12.1. The number of ether oxygens (including phenoxy) is 1. The highest BCUT2D eigenvalue weighted by Crippen LogP contribution is 2.10. The van der Waals surface area contributed by atoms with E-state index in [1.165, 1.54) is 13.2 Å². The van der Waals surface area contributed by atoms with E-state index in [4.69, 9.17) is 10.5 Å². The Balaban J connectivity index is 2.25. The van der Waals surface area contributed by atoms with Crippen molar-refractivity contribution < 1.29 is 14.3 Å². The molecule has 1 amide bonds. The molecule has 3 N–H and O–H groups in total. The summed E-state index contributed by atoms with van der Waals surface area (Å²) in [5.41, 5.74) is 7.47. The van der Waals surface area contributed by atoms with E-state index < -0.39 is 5.97 Å². The van der Waals surface area contributed by atoms with Crippen LogP contribution in [0.1, 0.15) is 15.9 Å². The van der Waals surface area contributed by atoms with Crippen LogP contribution >= 0.6 is 0 Å². The first-order valence-electron chi connectivity index (χ1n) is 6.62. The predicted octanol–water partition coefficient (Wildman–Crippen LogP) is 2.21. The maximum Gasteiger partial charge on any atom is 0.354 e. The van der Waals surface area contributed by atoms with Gasteiger partial charge in [-0.25, -0.2) is 4.79 Å². The molecule has 0 aliphatic heterocycles. The van der Waals surface area contributed by atoms with Crippen molar-refractivity contribution in [3.63, 3.8) is 0 Å². The van der Waals surface area contributed by atoms with E-state index in [1.54, 1.807) is 48.5 Å². The highest BCUT2D eigenvalue weighted by atomic mass is 16.5. The summed E-state index contributed by atoms with van der Waals surface area (Å²) in [6.07, 6.45) is 1.53. The molecule has 0 aliphatic carbocycles. The molecule has 0 radical (unpaired) electrons. The number of amides is 1. The van der Waals surface area contributed by atoms with Crippen LogP contribution in [0, 0.1) is 0 Å². The number of rotatable bonds is 4. The number of hydrogen-bond acceptors (Lipinski definition) is 4. The normalized spacial score (nSPS) is 10.9. The molecule has 2 aromatic rings. The fourth-order valence-electron chi connectivity index (χ4n) is 1.80. The van der Waals surface area contributed by atoms with Crippen LogP contribution < -0.4 is 11.1 Å². The van der Waals surface area contributed by atoms with Gasteiger partial charge in [0.25, 0.3) is 5.91 Å². The van der Waals surface area contributed by atoms with E-state index in [0.29, 0.717) is 11.3 Å². The molecule has 0 saturated heterocycles. The van der Waals surface area contributed by atoms with Crippen molar-refractivity contribution in [3.05, 3.63) is 71.4 Å². The molecule has 0 heterocycles. The largest absolute Gasteiger partial charge is 0.464 e. The SMILES string of the molecule is COC(=O)/C(=C/c1ccc(N)cc1)NC(=O)c1ccccc1. The quantitative estimate of drug-likeness (QED) is 0.515. The first-order valence-corrected chi connectivity index (χ1v) is 6.62. The summed E-state index contributed by atoms with van der Waals surface area (Å²) >= 11 is 0. The summed E-state index contributed by atoms with van der Waals surface area (Å²) in [7, 11) is 1.26. The third-order valence-corrected chi connectivity index (χ3v) is 2.94. The lowest BCUT2D eigenvalue weighted by molar-refractivity contribution is -0.136. The van der Waals surface area contributed by atoms with Crippen molar-refractivity contribution in [2.45, 2.75) is 0 Å². The summed E-state index contributed by atoms with van der Waals surface area (Å²) < 4.78 is 4.70. The average Bonchev–Trinajstić information content (AvgIpc) is 2.56. The van der Waals surface area contributed by atoms with E-state index in [2.05, 4.69) is 5.32 Å². The van der Waals surface area contributed by atoms with Gasteiger partial charge in [-0.15, -0.1) is 0 Å². The number of carbonyl (C=O) groups is 2. The van der Waals surface area contributed by atoms with Crippen LogP contribution in [0.4, 0.5) is 5.69 Å². The number of esters is 1. The molecule has 5 heteroatoms. The minimum Gasteiger partial charge on any atom is -0.464 e. The van der Waals surface area contributed by atoms with Crippen LogP contribution in [0.2, 0.25) is 0 Å². The van der Waals surface area contributed by atoms with Gasteiger partial charge in [0, 0.05) is 11.3 Å². The van der Waals surface area contributed by atoms with Crippen LogP contribution in [0.15, 0.2) is 60.3 Å². The van der Waals surface area contributed by atoms with E-state index in [1.807, 2.05) is 6.07 Å². The molecule has 0 aromatic heterocycles. The van der Waals surface area contributed by atoms with Gasteiger partial charge in [-0.3, -0.25) is 4.79 Å². The molecule has 2 aromatic carbocycles. The zero-order valence-corrected chi connectivity index (χ0v) is 12.1. The maximum atomic E-state index is 12.1. The van der Waals surface area contributed by atoms with Crippen molar-refractivity contribution >= 4 is 23.6 Å². The first kappa shape index (κ1) is 15.3. The number of anilines is 1. The van der Waals surface area contributed by atoms with Crippen LogP contribution in [0.25, 0.3) is 6.08 Å². The monoisotopic (exact) mass is 296 g/mol. The highest BCUT2D eigenvalue weighted by molar-refractivity contribution is 6.03. The number of methoxy groups -OCH3 is 1. The van der Waals surface area contributed by atoms with Crippen LogP contribution in [-0.4, -0.2) is 19.0 Å². The van der Waals surface area contributed by atoms with Crippen LogP contribution in [-0.2, 0) is 9.53 Å². The molecular formula is C17H16N2O3. The van der Waals surface area contributed by atoms with Gasteiger partial charge in [-0.1, -0.05) is 30.3 Å². The Labute approximate surface area is 128 Å². The standard InChI is InChI=1S/C17H16N2O3/c1-22-17(21)15(11-12-7-9-14(18)10-8-12)19-16(20)13-5-3-2-4-6-13/h2-11H,18H2,1H3,(H,19,20)/b15-11-. The Morgan fingerprint density at radius 2 is 1.68 bits per heavy atom. The average molecular weight is 296 g/mol. The van der Waals surface area contributed by atoms with Gasteiger partial charge in [-0.2, -0.15) is 0 Å². The minimum atomic E-state index is -0.624. The molecule has 0 bridgehead atoms. The molecule has 0 atom stereocenters. The lowest BCUT2D eigenvalue weighted by Gasteiger charge is -2.08. The number of benzene rings is 2. The molecule has 0 saturated carbocycles. The van der Waals surface area contributed by atoms with Crippen molar-refractivity contribution in [2.24, 2.45) is 0 Å². The van der Waals surface area contributed by atoms with Gasteiger partial charge in [-0.05, 0) is 35.9 Å². The fraction of sp³-hybridized carbons (Fsp3) is 0.0588. The predicted molar refractivity (Wildman–Crippen MR) is 84.8 cm³/mol. The third-order valence-electron chi connectivity index (χ3n) is 2.94. The molecule has 112 valence electrons. The minimum absolute atomic E-state index is 0.0566. The van der Waals surface area contributed by atoms with Crippen molar-refractivity contribution in [2.75, 3.05) is 12.8 Å². The van der Waals surface area contributed by atoms with E-state index in [0.717, 1.165) is 5.56 Å². The molecule has 2 rings (SSSR count). The van der Waals surface area contributed by atoms with E-state index in [9.17, 15) is 9.59 Å². The Bertz CT molecular complexity index is 692. The molecule has 22 heavy (non-hydrogen) atoms. The van der Waals surface area contributed by atoms with Gasteiger partial charge in [0.15, 0.2) is 0 Å². The Kier molecular flexibility index (Phi) is 4.93. The number of nitrogens with one attached hydrogen (secondary N) is 1. The molecule has 0 fully saturated rings. The number of carbonyl (C=O) groups excluding carboxylic acids is 2. The number of hydrogen-bond donors (Lipinski definition) is 2. The van der Waals surface area contributed by atoms with Gasteiger partial charge in [0.1, 0.15) is 5.70 Å². The van der Waals surface area contributed by atoms with Crippen LogP contribution in [0.5, 0.6) is 0 Å². The molecule has 0 aliphatic rings. The number of nitrogens with two attached hydrogens (primary N) is 1. The molecule has 0 spiro atoms. The summed E-state index contributed by atoms with van der Waals surface area (Å²) in [6.45, 7) is 0. The topological polar surface area (TPSA) is 81.4 Å². The van der Waals surface area contributed by atoms with E-state index in [-0.39, 0.29) is 11.6 Å². The summed E-state index contributed by atoms with van der Waals surface area (Å²) in [5.74, 6) is -1.01. The van der Waals surface area contributed by atoms with Crippen molar-refractivity contribution in [1.29, 1.82) is 0 Å².